The Balaban J connectivity index is 2.61. The molecule has 17 heavy (non-hydrogen) atoms. The highest BCUT2D eigenvalue weighted by molar-refractivity contribution is 5.30. The minimum absolute atomic E-state index is 0.277. The number of rotatable bonds is 5. The molecule has 0 amide bonds. The molecule has 0 aliphatic rings. The number of aryl methyl sites for hydroxylation is 2. The van der Waals surface area contributed by atoms with Gasteiger partial charge in [0.15, 0.2) is 0 Å². The van der Waals surface area contributed by atoms with Crippen molar-refractivity contribution in [3.8, 4) is 0 Å². The smallest absolute Gasteiger partial charge is 0.0105 e. The Labute approximate surface area is 106 Å². The van der Waals surface area contributed by atoms with Gasteiger partial charge in [0.1, 0.15) is 0 Å². The second-order valence-corrected chi connectivity index (χ2v) is 5.89. The first-order valence-corrected chi connectivity index (χ1v) is 6.72. The first-order chi connectivity index (χ1) is 7.90. The zero-order chi connectivity index (χ0) is 13.0. The maximum atomic E-state index is 6.29. The lowest BCUT2D eigenvalue weighted by molar-refractivity contribution is 0.370. The summed E-state index contributed by atoms with van der Waals surface area (Å²) in [5, 5.41) is 0. The van der Waals surface area contributed by atoms with Crippen molar-refractivity contribution in [2.75, 3.05) is 0 Å². The van der Waals surface area contributed by atoms with Gasteiger partial charge in [-0.05, 0) is 55.2 Å². The van der Waals surface area contributed by atoms with E-state index in [4.69, 9.17) is 5.73 Å². The van der Waals surface area contributed by atoms with Crippen LogP contribution >= 0.6 is 0 Å². The van der Waals surface area contributed by atoms with Gasteiger partial charge in [0.2, 0.25) is 0 Å². The van der Waals surface area contributed by atoms with E-state index in [1.165, 1.54) is 23.1 Å². The maximum absolute atomic E-state index is 6.29. The van der Waals surface area contributed by atoms with Gasteiger partial charge >= 0.3 is 0 Å². The summed E-state index contributed by atoms with van der Waals surface area (Å²) in [6.45, 7) is 11.1. The molecule has 2 N–H and O–H groups in total. The van der Waals surface area contributed by atoms with Crippen LogP contribution in [0.2, 0.25) is 0 Å². The van der Waals surface area contributed by atoms with Crippen molar-refractivity contribution < 1.29 is 0 Å². The second kappa shape index (κ2) is 6.20. The van der Waals surface area contributed by atoms with E-state index in [-0.39, 0.29) is 6.04 Å². The van der Waals surface area contributed by atoms with Crippen molar-refractivity contribution in [1.82, 2.24) is 0 Å². The lowest BCUT2D eigenvalue weighted by atomic mass is 9.88. The third-order valence-corrected chi connectivity index (χ3v) is 3.62. The van der Waals surface area contributed by atoms with Crippen molar-refractivity contribution in [2.24, 2.45) is 17.6 Å². The summed E-state index contributed by atoms with van der Waals surface area (Å²) in [4.78, 5) is 0. The van der Waals surface area contributed by atoms with E-state index in [2.05, 4.69) is 52.8 Å². The molecular formula is C16H27N. The molecular weight excluding hydrogens is 206 g/mol. The van der Waals surface area contributed by atoms with E-state index in [0.29, 0.717) is 5.92 Å². The van der Waals surface area contributed by atoms with E-state index in [1.54, 1.807) is 0 Å². The van der Waals surface area contributed by atoms with E-state index in [9.17, 15) is 0 Å². The molecule has 0 bridgehead atoms. The van der Waals surface area contributed by atoms with Crippen LogP contribution in [-0.4, -0.2) is 6.04 Å². The summed E-state index contributed by atoms with van der Waals surface area (Å²) < 4.78 is 0. The molecule has 0 heterocycles. The molecule has 0 aromatic heterocycles. The SMILES string of the molecule is Cc1ccc(CC(N)C(C)CC(C)C)cc1C. The molecule has 1 nitrogen and oxygen atoms in total. The molecule has 2 atom stereocenters. The molecule has 0 fully saturated rings. The predicted molar refractivity (Wildman–Crippen MR) is 76.2 cm³/mol. The van der Waals surface area contributed by atoms with E-state index >= 15 is 0 Å². The van der Waals surface area contributed by atoms with E-state index in [0.717, 1.165) is 12.3 Å². The van der Waals surface area contributed by atoms with Gasteiger partial charge in [0.25, 0.3) is 0 Å². The molecule has 2 unspecified atom stereocenters. The summed E-state index contributed by atoms with van der Waals surface area (Å²) in [5.74, 6) is 1.33. The van der Waals surface area contributed by atoms with Crippen molar-refractivity contribution in [3.05, 3.63) is 34.9 Å². The van der Waals surface area contributed by atoms with Crippen LogP contribution in [0.15, 0.2) is 18.2 Å². The Morgan fingerprint density at radius 1 is 1.06 bits per heavy atom. The average molecular weight is 233 g/mol. The molecule has 0 saturated carbocycles. The lowest BCUT2D eigenvalue weighted by Crippen LogP contribution is -2.31. The fourth-order valence-electron chi connectivity index (χ4n) is 2.32. The summed E-state index contributed by atoms with van der Waals surface area (Å²) in [7, 11) is 0. The standard InChI is InChI=1S/C16H27N/c1-11(2)8-14(5)16(17)10-15-7-6-12(3)13(4)9-15/h6-7,9,11,14,16H,8,10,17H2,1-5H3. The normalized spacial score (nSPS) is 15.0. The number of nitrogens with two attached hydrogens (primary N) is 1. The van der Waals surface area contributed by atoms with Gasteiger partial charge in [-0.15, -0.1) is 0 Å². The Bertz CT molecular complexity index is 355. The van der Waals surface area contributed by atoms with Gasteiger partial charge in [-0.25, -0.2) is 0 Å². The fraction of sp³-hybridized carbons (Fsp3) is 0.625. The van der Waals surface area contributed by atoms with Crippen LogP contribution in [0.1, 0.15) is 43.9 Å². The zero-order valence-electron chi connectivity index (χ0n) is 12.0. The molecule has 1 aromatic rings. The fourth-order valence-corrected chi connectivity index (χ4v) is 2.32. The third-order valence-electron chi connectivity index (χ3n) is 3.62. The van der Waals surface area contributed by atoms with Gasteiger partial charge < -0.3 is 5.73 Å². The van der Waals surface area contributed by atoms with Gasteiger partial charge in [0.05, 0.1) is 0 Å². The zero-order valence-corrected chi connectivity index (χ0v) is 12.0. The largest absolute Gasteiger partial charge is 0.327 e. The van der Waals surface area contributed by atoms with Crippen LogP contribution < -0.4 is 5.73 Å². The first kappa shape index (κ1) is 14.2. The Hall–Kier alpha value is -0.820. The lowest BCUT2D eigenvalue weighted by Gasteiger charge is -2.22. The van der Waals surface area contributed by atoms with Gasteiger partial charge in [-0.2, -0.15) is 0 Å². The topological polar surface area (TPSA) is 26.0 Å². The molecule has 0 radical (unpaired) electrons. The highest BCUT2D eigenvalue weighted by atomic mass is 14.6. The minimum atomic E-state index is 0.277. The van der Waals surface area contributed by atoms with E-state index in [1.807, 2.05) is 0 Å². The molecule has 0 saturated heterocycles. The maximum Gasteiger partial charge on any atom is 0.0105 e. The number of hydrogen-bond donors (Lipinski definition) is 1. The molecule has 1 aromatic carbocycles. The predicted octanol–water partition coefficient (Wildman–Crippen LogP) is 3.86. The van der Waals surface area contributed by atoms with Crippen LogP contribution in [0, 0.1) is 25.7 Å². The van der Waals surface area contributed by atoms with Crippen LogP contribution in [0.4, 0.5) is 0 Å². The molecule has 1 heteroatoms. The van der Waals surface area contributed by atoms with Gasteiger partial charge in [0, 0.05) is 6.04 Å². The molecule has 0 spiro atoms. The van der Waals surface area contributed by atoms with Crippen LogP contribution in [0.5, 0.6) is 0 Å². The summed E-state index contributed by atoms with van der Waals surface area (Å²) in [6.07, 6.45) is 2.21. The summed E-state index contributed by atoms with van der Waals surface area (Å²) in [6, 6.07) is 6.96. The Kier molecular flexibility index (Phi) is 5.20. The van der Waals surface area contributed by atoms with Crippen LogP contribution in [-0.2, 0) is 6.42 Å². The van der Waals surface area contributed by atoms with Gasteiger partial charge in [-0.1, -0.05) is 39.0 Å². The van der Waals surface area contributed by atoms with E-state index < -0.39 is 0 Å². The van der Waals surface area contributed by atoms with Crippen molar-refractivity contribution in [1.29, 1.82) is 0 Å². The van der Waals surface area contributed by atoms with Crippen molar-refractivity contribution in [3.63, 3.8) is 0 Å². The summed E-state index contributed by atoms with van der Waals surface area (Å²) in [5.41, 5.74) is 10.4. The van der Waals surface area contributed by atoms with Gasteiger partial charge in [-0.3, -0.25) is 0 Å². The molecule has 0 aliphatic carbocycles. The number of hydrogen-bond acceptors (Lipinski definition) is 1. The quantitative estimate of drug-likeness (QED) is 0.821. The Morgan fingerprint density at radius 3 is 2.24 bits per heavy atom. The molecule has 1 rings (SSSR count). The Morgan fingerprint density at radius 2 is 1.71 bits per heavy atom. The average Bonchev–Trinajstić information content (AvgIpc) is 2.22. The minimum Gasteiger partial charge on any atom is -0.327 e. The number of benzene rings is 1. The second-order valence-electron chi connectivity index (χ2n) is 5.89. The van der Waals surface area contributed by atoms with Crippen molar-refractivity contribution >= 4 is 0 Å². The highest BCUT2D eigenvalue weighted by Gasteiger charge is 2.14. The highest BCUT2D eigenvalue weighted by Crippen LogP contribution is 2.18. The summed E-state index contributed by atoms with van der Waals surface area (Å²) >= 11 is 0. The van der Waals surface area contributed by atoms with Crippen LogP contribution in [0.3, 0.4) is 0 Å². The van der Waals surface area contributed by atoms with Crippen molar-refractivity contribution in [2.45, 2.75) is 53.5 Å². The monoisotopic (exact) mass is 233 g/mol. The molecule has 96 valence electrons. The van der Waals surface area contributed by atoms with Crippen LogP contribution in [0.25, 0.3) is 0 Å². The third kappa shape index (κ3) is 4.51. The molecule has 0 aliphatic heterocycles. The first-order valence-electron chi connectivity index (χ1n) is 6.72.